The molecular formula is C22H26BrF2NO2. The van der Waals surface area contributed by atoms with E-state index in [4.69, 9.17) is 4.74 Å². The van der Waals surface area contributed by atoms with Gasteiger partial charge >= 0.3 is 0 Å². The first-order valence-electron chi connectivity index (χ1n) is 9.51. The second-order valence-electron chi connectivity index (χ2n) is 8.18. The van der Waals surface area contributed by atoms with Crippen LogP contribution in [0.4, 0.5) is 8.78 Å². The average molecular weight is 454 g/mol. The molecule has 0 bridgehead atoms. The molecule has 2 aromatic carbocycles. The van der Waals surface area contributed by atoms with Crippen molar-refractivity contribution in [3.05, 3.63) is 63.6 Å². The second kappa shape index (κ2) is 8.89. The van der Waals surface area contributed by atoms with E-state index in [9.17, 15) is 13.9 Å². The number of aliphatic hydroxyl groups excluding tert-OH is 1. The summed E-state index contributed by atoms with van der Waals surface area (Å²) in [6.07, 6.45) is 2.32. The number of nitrogens with one attached hydrogen (secondary N) is 1. The maximum atomic E-state index is 13.7. The van der Waals surface area contributed by atoms with Gasteiger partial charge in [-0.15, -0.1) is 0 Å². The Balaban J connectivity index is 1.45. The number of halogens is 3. The monoisotopic (exact) mass is 453 g/mol. The summed E-state index contributed by atoms with van der Waals surface area (Å²) in [6, 6.07) is 10.9. The molecule has 1 atom stereocenters. The zero-order valence-corrected chi connectivity index (χ0v) is 17.7. The summed E-state index contributed by atoms with van der Waals surface area (Å²) in [5, 5.41) is 13.6. The van der Waals surface area contributed by atoms with Crippen LogP contribution in [0.25, 0.3) is 0 Å². The first-order valence-corrected chi connectivity index (χ1v) is 10.3. The maximum Gasteiger partial charge on any atom is 0.200 e. The molecule has 0 heterocycles. The Bertz CT molecular complexity index is 803. The molecular weight excluding hydrogens is 428 g/mol. The van der Waals surface area contributed by atoms with Crippen molar-refractivity contribution in [1.82, 2.24) is 5.32 Å². The van der Waals surface area contributed by atoms with E-state index in [1.165, 1.54) is 17.2 Å². The highest BCUT2D eigenvalue weighted by Crippen LogP contribution is 2.32. The van der Waals surface area contributed by atoms with Crippen LogP contribution in [-0.2, 0) is 12.8 Å². The van der Waals surface area contributed by atoms with E-state index < -0.39 is 17.7 Å². The second-order valence-corrected chi connectivity index (χ2v) is 9.09. The number of benzene rings is 2. The molecule has 0 aromatic heterocycles. The van der Waals surface area contributed by atoms with Gasteiger partial charge in [-0.3, -0.25) is 0 Å². The van der Waals surface area contributed by atoms with Crippen molar-refractivity contribution in [2.75, 3.05) is 13.2 Å². The molecule has 2 N–H and O–H groups in total. The Kier molecular flexibility index (Phi) is 6.73. The lowest BCUT2D eigenvalue weighted by Crippen LogP contribution is -2.46. The van der Waals surface area contributed by atoms with E-state index in [1.807, 2.05) is 0 Å². The Morgan fingerprint density at radius 3 is 2.50 bits per heavy atom. The third kappa shape index (κ3) is 5.52. The van der Waals surface area contributed by atoms with E-state index in [0.717, 1.165) is 25.3 Å². The van der Waals surface area contributed by atoms with E-state index >= 15 is 0 Å². The number of hydrogen-bond donors (Lipinski definition) is 2. The van der Waals surface area contributed by atoms with Gasteiger partial charge in [0.1, 0.15) is 12.7 Å². The highest BCUT2D eigenvalue weighted by Gasteiger charge is 2.28. The van der Waals surface area contributed by atoms with Gasteiger partial charge in [0.25, 0.3) is 0 Å². The van der Waals surface area contributed by atoms with E-state index in [-0.39, 0.29) is 17.9 Å². The summed E-state index contributed by atoms with van der Waals surface area (Å²) in [5.41, 5.74) is 2.71. The highest BCUT2D eigenvalue weighted by atomic mass is 79.9. The van der Waals surface area contributed by atoms with Crippen molar-refractivity contribution in [2.45, 2.75) is 44.8 Å². The molecule has 28 heavy (non-hydrogen) atoms. The zero-order valence-electron chi connectivity index (χ0n) is 16.1. The van der Waals surface area contributed by atoms with Gasteiger partial charge in [-0.25, -0.2) is 4.39 Å². The highest BCUT2D eigenvalue weighted by molar-refractivity contribution is 9.10. The Morgan fingerprint density at radius 1 is 1.21 bits per heavy atom. The minimum absolute atomic E-state index is 0.120. The topological polar surface area (TPSA) is 41.5 Å². The van der Waals surface area contributed by atoms with Crippen LogP contribution in [0.1, 0.15) is 31.4 Å². The molecule has 2 aromatic rings. The van der Waals surface area contributed by atoms with Gasteiger partial charge in [-0.1, -0.05) is 40.2 Å². The van der Waals surface area contributed by atoms with Crippen molar-refractivity contribution in [1.29, 1.82) is 0 Å². The minimum atomic E-state index is -1.05. The fraction of sp³-hybridized carbons (Fsp3) is 0.455. The summed E-state index contributed by atoms with van der Waals surface area (Å²) >= 11 is 3.10. The third-order valence-corrected chi connectivity index (χ3v) is 5.60. The van der Waals surface area contributed by atoms with Crippen LogP contribution in [0.15, 0.2) is 40.9 Å². The summed E-state index contributed by atoms with van der Waals surface area (Å²) in [4.78, 5) is 0. The molecule has 0 radical (unpaired) electrons. The number of ether oxygens (including phenoxy) is 1. The van der Waals surface area contributed by atoms with Gasteiger partial charge in [0.2, 0.25) is 5.82 Å². The van der Waals surface area contributed by atoms with Crippen LogP contribution < -0.4 is 10.1 Å². The van der Waals surface area contributed by atoms with Crippen LogP contribution in [0, 0.1) is 17.6 Å². The van der Waals surface area contributed by atoms with E-state index in [2.05, 4.69) is 59.4 Å². The van der Waals surface area contributed by atoms with Gasteiger partial charge in [-0.2, -0.15) is 4.39 Å². The van der Waals surface area contributed by atoms with Crippen molar-refractivity contribution in [3.8, 4) is 5.75 Å². The Morgan fingerprint density at radius 2 is 1.86 bits per heavy atom. The Hall–Kier alpha value is -1.50. The van der Waals surface area contributed by atoms with Gasteiger partial charge in [0.05, 0.1) is 0 Å². The van der Waals surface area contributed by atoms with Gasteiger partial charge in [0, 0.05) is 16.6 Å². The molecule has 1 aliphatic carbocycles. The maximum absolute atomic E-state index is 13.7. The molecule has 0 saturated heterocycles. The van der Waals surface area contributed by atoms with Crippen LogP contribution >= 0.6 is 15.9 Å². The summed E-state index contributed by atoms with van der Waals surface area (Å²) in [6.45, 7) is 4.43. The third-order valence-electron chi connectivity index (χ3n) is 5.14. The summed E-state index contributed by atoms with van der Waals surface area (Å²) in [7, 11) is 0. The first kappa shape index (κ1) is 21.2. The number of rotatable bonds is 8. The van der Waals surface area contributed by atoms with Gasteiger partial charge in [0.15, 0.2) is 11.6 Å². The van der Waals surface area contributed by atoms with Gasteiger partial charge < -0.3 is 15.2 Å². The molecule has 0 fully saturated rings. The fourth-order valence-corrected chi connectivity index (χ4v) is 4.27. The van der Waals surface area contributed by atoms with Crippen molar-refractivity contribution < 1.29 is 18.6 Å². The number of fused-ring (bicyclic) bond motifs is 1. The minimum Gasteiger partial charge on any atom is -0.488 e. The molecule has 0 amide bonds. The standard InChI is InChI=1S/C22H26BrF2NO2/c1-22(2,11-14-7-15-5-3-4-6-16(15)8-14)26-12-18(27)13-28-20-10-17(23)9-19(24)21(20)25/h3-6,9-10,14,18,26-27H,7-8,11-13H2,1-2H3/t18-/m1/s1. The fourth-order valence-electron chi connectivity index (χ4n) is 3.86. The smallest absolute Gasteiger partial charge is 0.200 e. The first-order chi connectivity index (χ1) is 13.2. The molecule has 152 valence electrons. The van der Waals surface area contributed by atoms with Crippen molar-refractivity contribution in [3.63, 3.8) is 0 Å². The largest absolute Gasteiger partial charge is 0.488 e. The lowest BCUT2D eigenvalue weighted by atomic mass is 9.88. The van der Waals surface area contributed by atoms with Crippen LogP contribution in [-0.4, -0.2) is 29.9 Å². The summed E-state index contributed by atoms with van der Waals surface area (Å²) in [5.74, 6) is -1.68. The predicted octanol–water partition coefficient (Wildman–Crippen LogP) is 4.64. The molecule has 6 heteroatoms. The quantitative estimate of drug-likeness (QED) is 0.572. The van der Waals surface area contributed by atoms with Crippen molar-refractivity contribution in [2.24, 2.45) is 5.92 Å². The zero-order chi connectivity index (χ0) is 20.3. The van der Waals surface area contributed by atoms with Crippen LogP contribution in [0.5, 0.6) is 5.75 Å². The molecule has 3 rings (SSSR count). The lowest BCUT2D eigenvalue weighted by molar-refractivity contribution is 0.0942. The van der Waals surface area contributed by atoms with Gasteiger partial charge in [-0.05, 0) is 62.3 Å². The van der Waals surface area contributed by atoms with Crippen LogP contribution in [0.2, 0.25) is 0 Å². The number of β-amino-alcohol motifs (C(OH)–C–C–N with tert-alkyl or cyclic N) is 1. The molecule has 0 aliphatic heterocycles. The number of aliphatic hydroxyl groups is 1. The van der Waals surface area contributed by atoms with E-state index in [1.54, 1.807) is 0 Å². The predicted molar refractivity (Wildman–Crippen MR) is 110 cm³/mol. The van der Waals surface area contributed by atoms with Crippen molar-refractivity contribution >= 4 is 15.9 Å². The molecule has 1 aliphatic rings. The Labute approximate surface area is 173 Å². The molecule has 0 spiro atoms. The van der Waals surface area contributed by atoms with E-state index in [0.29, 0.717) is 16.9 Å². The number of hydrogen-bond acceptors (Lipinski definition) is 3. The molecule has 0 saturated carbocycles. The summed E-state index contributed by atoms with van der Waals surface area (Å²) < 4.78 is 32.8. The lowest BCUT2D eigenvalue weighted by Gasteiger charge is -2.30. The van der Waals surface area contributed by atoms with Crippen LogP contribution in [0.3, 0.4) is 0 Å². The normalized spacial score (nSPS) is 15.5. The molecule has 3 nitrogen and oxygen atoms in total. The molecule has 0 unspecified atom stereocenters. The SMILES string of the molecule is CC(C)(CC1Cc2ccccc2C1)NC[C@@H](O)COc1cc(Br)cc(F)c1F. The average Bonchev–Trinajstić information content (AvgIpc) is 3.03.